The molecule has 19 heavy (non-hydrogen) atoms. The quantitative estimate of drug-likeness (QED) is 0.670. The van der Waals surface area contributed by atoms with Crippen molar-refractivity contribution in [3.63, 3.8) is 0 Å². The zero-order valence-electron chi connectivity index (χ0n) is 11.9. The van der Waals surface area contributed by atoms with E-state index in [-0.39, 0.29) is 18.2 Å². The van der Waals surface area contributed by atoms with E-state index in [1.165, 1.54) is 0 Å². The first-order valence-corrected chi connectivity index (χ1v) is 7.11. The number of aliphatic carboxylic acids is 1. The lowest BCUT2D eigenvalue weighted by atomic mass is 9.80. The Morgan fingerprint density at radius 3 is 2.68 bits per heavy atom. The Hall–Kier alpha value is -1.10. The van der Waals surface area contributed by atoms with Crippen LogP contribution in [0.1, 0.15) is 46.0 Å². The Balaban J connectivity index is 2.04. The summed E-state index contributed by atoms with van der Waals surface area (Å²) >= 11 is 0. The number of ether oxygens (including phenoxy) is 1. The molecule has 0 aromatic rings. The van der Waals surface area contributed by atoms with Gasteiger partial charge in [-0.15, -0.1) is 0 Å². The van der Waals surface area contributed by atoms with Gasteiger partial charge in [0.05, 0.1) is 6.10 Å². The molecule has 110 valence electrons. The lowest BCUT2D eigenvalue weighted by Crippen LogP contribution is -2.36. The molecule has 0 spiro atoms. The van der Waals surface area contributed by atoms with Crippen molar-refractivity contribution in [1.82, 2.24) is 5.32 Å². The number of carbonyl (C=O) groups is 2. The van der Waals surface area contributed by atoms with Gasteiger partial charge in [-0.2, -0.15) is 0 Å². The molecule has 1 rings (SSSR count). The van der Waals surface area contributed by atoms with Gasteiger partial charge in [0, 0.05) is 26.0 Å². The van der Waals surface area contributed by atoms with E-state index in [2.05, 4.69) is 5.32 Å². The van der Waals surface area contributed by atoms with Gasteiger partial charge in [0.15, 0.2) is 0 Å². The molecule has 1 saturated carbocycles. The van der Waals surface area contributed by atoms with Gasteiger partial charge in [0.2, 0.25) is 5.91 Å². The highest BCUT2D eigenvalue weighted by atomic mass is 16.5. The minimum atomic E-state index is -0.783. The standard InChI is InChI=1S/C14H25NO4/c1-3-19-12-6-11(7-12)8-13(16)15-9-10(2)4-5-14(17)18/h10-12H,3-9H2,1-2H3,(H,15,16)(H,17,18). The van der Waals surface area contributed by atoms with Crippen molar-refractivity contribution >= 4 is 11.9 Å². The molecule has 0 heterocycles. The van der Waals surface area contributed by atoms with Crippen LogP contribution in [0.25, 0.3) is 0 Å². The third-order valence-corrected chi connectivity index (χ3v) is 3.57. The second kappa shape index (κ2) is 8.15. The van der Waals surface area contributed by atoms with E-state index >= 15 is 0 Å². The minimum Gasteiger partial charge on any atom is -0.481 e. The Kier molecular flexibility index (Phi) is 6.84. The molecule has 0 saturated heterocycles. The van der Waals surface area contributed by atoms with Crippen molar-refractivity contribution < 1.29 is 19.4 Å². The molecule has 1 aliphatic carbocycles. The van der Waals surface area contributed by atoms with Crippen LogP contribution in [0, 0.1) is 11.8 Å². The number of amides is 1. The van der Waals surface area contributed by atoms with Crippen LogP contribution in [0.5, 0.6) is 0 Å². The molecule has 1 atom stereocenters. The summed E-state index contributed by atoms with van der Waals surface area (Å²) in [6.45, 7) is 5.24. The molecule has 0 aliphatic heterocycles. The van der Waals surface area contributed by atoms with Crippen LogP contribution in [0.15, 0.2) is 0 Å². The van der Waals surface area contributed by atoms with E-state index in [0.717, 1.165) is 19.4 Å². The average Bonchev–Trinajstić information content (AvgIpc) is 2.31. The Labute approximate surface area is 114 Å². The highest BCUT2D eigenvalue weighted by Crippen LogP contribution is 2.32. The SMILES string of the molecule is CCOC1CC(CC(=O)NCC(C)CCC(=O)O)C1. The van der Waals surface area contributed by atoms with Crippen molar-refractivity contribution in [2.24, 2.45) is 11.8 Å². The normalized spacial score (nSPS) is 23.5. The molecule has 0 aromatic heterocycles. The van der Waals surface area contributed by atoms with E-state index in [4.69, 9.17) is 9.84 Å². The third-order valence-electron chi connectivity index (χ3n) is 3.57. The summed E-state index contributed by atoms with van der Waals surface area (Å²) in [5.41, 5.74) is 0. The number of hydrogen-bond acceptors (Lipinski definition) is 3. The molecular formula is C14H25NO4. The van der Waals surface area contributed by atoms with Crippen LogP contribution in [0.3, 0.4) is 0 Å². The Morgan fingerprint density at radius 2 is 2.11 bits per heavy atom. The molecule has 0 bridgehead atoms. The Morgan fingerprint density at radius 1 is 1.42 bits per heavy atom. The van der Waals surface area contributed by atoms with Crippen molar-refractivity contribution in [3.05, 3.63) is 0 Å². The second-order valence-corrected chi connectivity index (χ2v) is 5.46. The van der Waals surface area contributed by atoms with Crippen LogP contribution in [-0.4, -0.2) is 36.2 Å². The highest BCUT2D eigenvalue weighted by molar-refractivity contribution is 5.76. The number of carboxylic acid groups (broad SMARTS) is 1. The van der Waals surface area contributed by atoms with Gasteiger partial charge in [-0.05, 0) is 38.0 Å². The van der Waals surface area contributed by atoms with Gasteiger partial charge in [0.1, 0.15) is 0 Å². The Bertz CT molecular complexity index is 300. The maximum Gasteiger partial charge on any atom is 0.303 e. The van der Waals surface area contributed by atoms with Crippen LogP contribution in [-0.2, 0) is 14.3 Å². The first-order chi connectivity index (χ1) is 9.01. The fourth-order valence-corrected chi connectivity index (χ4v) is 2.31. The summed E-state index contributed by atoms with van der Waals surface area (Å²) in [5, 5.41) is 11.4. The van der Waals surface area contributed by atoms with E-state index in [9.17, 15) is 9.59 Å². The van der Waals surface area contributed by atoms with E-state index < -0.39 is 5.97 Å². The molecule has 2 N–H and O–H groups in total. The summed E-state index contributed by atoms with van der Waals surface area (Å²) in [4.78, 5) is 22.1. The zero-order valence-corrected chi connectivity index (χ0v) is 11.9. The lowest BCUT2D eigenvalue weighted by Gasteiger charge is -2.34. The van der Waals surface area contributed by atoms with E-state index in [0.29, 0.717) is 31.4 Å². The molecule has 0 aromatic carbocycles. The maximum absolute atomic E-state index is 11.7. The topological polar surface area (TPSA) is 75.6 Å². The largest absolute Gasteiger partial charge is 0.481 e. The molecular weight excluding hydrogens is 246 g/mol. The van der Waals surface area contributed by atoms with Crippen LogP contribution < -0.4 is 5.32 Å². The molecule has 1 unspecified atom stereocenters. The smallest absolute Gasteiger partial charge is 0.303 e. The van der Waals surface area contributed by atoms with Crippen molar-refractivity contribution in [1.29, 1.82) is 0 Å². The maximum atomic E-state index is 11.7. The number of carboxylic acids is 1. The molecule has 5 nitrogen and oxygen atoms in total. The van der Waals surface area contributed by atoms with Crippen molar-refractivity contribution in [2.45, 2.75) is 52.1 Å². The molecule has 1 fully saturated rings. The molecule has 1 aliphatic rings. The monoisotopic (exact) mass is 271 g/mol. The van der Waals surface area contributed by atoms with Gasteiger partial charge in [-0.3, -0.25) is 9.59 Å². The minimum absolute atomic E-state index is 0.0714. The zero-order chi connectivity index (χ0) is 14.3. The number of hydrogen-bond donors (Lipinski definition) is 2. The van der Waals surface area contributed by atoms with Crippen LogP contribution in [0.2, 0.25) is 0 Å². The third kappa shape index (κ3) is 6.57. The number of rotatable bonds is 9. The summed E-state index contributed by atoms with van der Waals surface area (Å²) in [6.07, 6.45) is 3.64. The second-order valence-electron chi connectivity index (χ2n) is 5.46. The summed E-state index contributed by atoms with van der Waals surface area (Å²) in [7, 11) is 0. The van der Waals surface area contributed by atoms with Gasteiger partial charge in [-0.1, -0.05) is 6.92 Å². The van der Waals surface area contributed by atoms with Gasteiger partial charge < -0.3 is 15.2 Å². The molecule has 5 heteroatoms. The summed E-state index contributed by atoms with van der Waals surface area (Å²) < 4.78 is 5.45. The molecule has 0 radical (unpaired) electrons. The molecule has 1 amide bonds. The van der Waals surface area contributed by atoms with E-state index in [1.54, 1.807) is 0 Å². The predicted octanol–water partition coefficient (Wildman–Crippen LogP) is 1.81. The van der Waals surface area contributed by atoms with E-state index in [1.807, 2.05) is 13.8 Å². The fraction of sp³-hybridized carbons (Fsp3) is 0.857. The van der Waals surface area contributed by atoms with Gasteiger partial charge in [-0.25, -0.2) is 0 Å². The number of carbonyl (C=O) groups excluding carboxylic acids is 1. The first-order valence-electron chi connectivity index (χ1n) is 7.11. The van der Waals surface area contributed by atoms with Crippen LogP contribution in [0.4, 0.5) is 0 Å². The predicted molar refractivity (Wildman–Crippen MR) is 71.8 cm³/mol. The van der Waals surface area contributed by atoms with Gasteiger partial charge >= 0.3 is 5.97 Å². The van der Waals surface area contributed by atoms with Crippen molar-refractivity contribution in [2.75, 3.05) is 13.2 Å². The van der Waals surface area contributed by atoms with Crippen LogP contribution >= 0.6 is 0 Å². The average molecular weight is 271 g/mol. The van der Waals surface area contributed by atoms with Gasteiger partial charge in [0.25, 0.3) is 0 Å². The van der Waals surface area contributed by atoms with Crippen molar-refractivity contribution in [3.8, 4) is 0 Å². The first kappa shape index (κ1) is 16.0. The number of nitrogens with one attached hydrogen (secondary N) is 1. The lowest BCUT2D eigenvalue weighted by molar-refractivity contribution is -0.137. The summed E-state index contributed by atoms with van der Waals surface area (Å²) in [6, 6.07) is 0. The summed E-state index contributed by atoms with van der Waals surface area (Å²) in [5.74, 6) is -0.0553. The highest BCUT2D eigenvalue weighted by Gasteiger charge is 2.30. The fourth-order valence-electron chi connectivity index (χ4n) is 2.31.